The Kier molecular flexibility index (Phi) is 6.32. The predicted molar refractivity (Wildman–Crippen MR) is 113 cm³/mol. The van der Waals surface area contributed by atoms with Crippen molar-refractivity contribution in [3.8, 4) is 5.75 Å². The molecule has 4 rings (SSSR count). The summed E-state index contributed by atoms with van der Waals surface area (Å²) in [6.45, 7) is 0.469. The van der Waals surface area contributed by atoms with E-state index < -0.39 is 12.1 Å². The summed E-state index contributed by atoms with van der Waals surface area (Å²) in [5.41, 5.74) is 1.86. The largest absolute Gasteiger partial charge is 0.508 e. The number of amides is 2. The maximum Gasteiger partial charge on any atom is 0.246 e. The Bertz CT molecular complexity index is 944. The van der Waals surface area contributed by atoms with Crippen molar-refractivity contribution in [2.24, 2.45) is 0 Å². The third-order valence-electron chi connectivity index (χ3n) is 5.89. The van der Waals surface area contributed by atoms with E-state index >= 15 is 0 Å². The van der Waals surface area contributed by atoms with E-state index in [9.17, 15) is 19.5 Å². The average molecular weight is 422 g/mol. The van der Waals surface area contributed by atoms with Crippen LogP contribution in [0.5, 0.6) is 5.75 Å². The Morgan fingerprint density at radius 1 is 1.10 bits per heavy atom. The number of benzene rings is 2. The van der Waals surface area contributed by atoms with Crippen molar-refractivity contribution in [1.82, 2.24) is 10.2 Å². The normalized spacial score (nSPS) is 21.0. The van der Waals surface area contributed by atoms with Crippen LogP contribution in [0.25, 0.3) is 0 Å². The molecule has 2 amide bonds. The number of hydrogen-bond acceptors (Lipinski definition) is 5. The van der Waals surface area contributed by atoms with Crippen LogP contribution in [-0.2, 0) is 32.0 Å². The predicted octanol–water partition coefficient (Wildman–Crippen LogP) is 1.62. The van der Waals surface area contributed by atoms with Crippen LogP contribution in [0.2, 0.25) is 0 Å². The first-order valence-corrected chi connectivity index (χ1v) is 10.6. The number of carbonyl (C=O) groups is 3. The number of carbonyl (C=O) groups excluding carboxylic acids is 3. The van der Waals surface area contributed by atoms with Gasteiger partial charge in [0, 0.05) is 19.4 Å². The third kappa shape index (κ3) is 4.94. The monoisotopic (exact) mass is 422 g/mol. The smallest absolute Gasteiger partial charge is 0.246 e. The molecule has 0 spiro atoms. The molecule has 0 bridgehead atoms. The van der Waals surface area contributed by atoms with Crippen molar-refractivity contribution in [1.29, 1.82) is 0 Å². The Morgan fingerprint density at radius 2 is 1.84 bits per heavy atom. The lowest BCUT2D eigenvalue weighted by Crippen LogP contribution is -2.53. The lowest BCUT2D eigenvalue weighted by Gasteiger charge is -2.27. The van der Waals surface area contributed by atoms with Gasteiger partial charge >= 0.3 is 0 Å². The number of phenols is 1. The van der Waals surface area contributed by atoms with Crippen molar-refractivity contribution >= 4 is 17.6 Å². The molecule has 3 atom stereocenters. The van der Waals surface area contributed by atoms with Crippen LogP contribution in [0.15, 0.2) is 54.6 Å². The summed E-state index contributed by atoms with van der Waals surface area (Å²) in [5, 5.41) is 12.4. The van der Waals surface area contributed by atoms with Crippen LogP contribution in [0.1, 0.15) is 24.0 Å². The summed E-state index contributed by atoms with van der Waals surface area (Å²) < 4.78 is 5.49. The Morgan fingerprint density at radius 3 is 2.58 bits per heavy atom. The molecule has 2 fully saturated rings. The van der Waals surface area contributed by atoms with Crippen LogP contribution < -0.4 is 5.32 Å². The van der Waals surface area contributed by atoms with Crippen LogP contribution >= 0.6 is 0 Å². The van der Waals surface area contributed by atoms with Gasteiger partial charge in [0.2, 0.25) is 11.8 Å². The molecule has 162 valence electrons. The maximum absolute atomic E-state index is 13.4. The fraction of sp³-hybridized carbons (Fsp3) is 0.375. The first-order valence-electron chi connectivity index (χ1n) is 10.6. The highest BCUT2D eigenvalue weighted by Crippen LogP contribution is 2.28. The zero-order valence-corrected chi connectivity index (χ0v) is 17.2. The molecule has 2 aromatic rings. The number of rotatable bonds is 7. The van der Waals surface area contributed by atoms with Gasteiger partial charge < -0.3 is 20.1 Å². The van der Waals surface area contributed by atoms with Crippen LogP contribution in [0, 0.1) is 0 Å². The van der Waals surface area contributed by atoms with Gasteiger partial charge in [0.05, 0.1) is 6.10 Å². The second-order valence-electron chi connectivity index (χ2n) is 8.06. The summed E-state index contributed by atoms with van der Waals surface area (Å²) in [7, 11) is 0. The second kappa shape index (κ2) is 9.31. The third-order valence-corrected chi connectivity index (χ3v) is 5.89. The summed E-state index contributed by atoms with van der Waals surface area (Å²) in [4.78, 5) is 39.8. The number of aryl methyl sites for hydroxylation is 1. The van der Waals surface area contributed by atoms with E-state index in [2.05, 4.69) is 5.32 Å². The molecule has 2 aromatic carbocycles. The standard InChI is InChI=1S/C24H26N2O5/c27-18-9-6-17(7-10-18)14-19(25-22(29)11-8-16-4-2-1-3-5-16)24(30)26-13-12-21-23(26)20(28)15-31-21/h1-7,9-10,19,21,23,27H,8,11-15H2,(H,25,29). The molecule has 0 radical (unpaired) electrons. The fourth-order valence-corrected chi connectivity index (χ4v) is 4.28. The topological polar surface area (TPSA) is 95.9 Å². The van der Waals surface area contributed by atoms with Gasteiger partial charge in [0.15, 0.2) is 5.78 Å². The molecule has 0 aromatic heterocycles. The van der Waals surface area contributed by atoms with E-state index in [4.69, 9.17) is 4.74 Å². The van der Waals surface area contributed by atoms with E-state index in [1.807, 2.05) is 30.3 Å². The minimum atomic E-state index is -0.792. The fourth-order valence-electron chi connectivity index (χ4n) is 4.28. The molecule has 3 unspecified atom stereocenters. The summed E-state index contributed by atoms with van der Waals surface area (Å²) in [6, 6.07) is 14.9. The zero-order valence-electron chi connectivity index (χ0n) is 17.2. The lowest BCUT2D eigenvalue weighted by atomic mass is 10.0. The number of nitrogens with zero attached hydrogens (tertiary/aromatic N) is 1. The number of aromatic hydroxyl groups is 1. The lowest BCUT2D eigenvalue weighted by molar-refractivity contribution is -0.139. The van der Waals surface area contributed by atoms with E-state index in [0.717, 1.165) is 11.1 Å². The highest BCUT2D eigenvalue weighted by atomic mass is 16.5. The van der Waals surface area contributed by atoms with Crippen molar-refractivity contribution in [2.45, 2.75) is 43.9 Å². The van der Waals surface area contributed by atoms with Crippen LogP contribution in [0.3, 0.4) is 0 Å². The Hall–Kier alpha value is -3.19. The summed E-state index contributed by atoms with van der Waals surface area (Å²) in [6.07, 6.45) is 1.49. The van der Waals surface area contributed by atoms with E-state index in [1.54, 1.807) is 29.2 Å². The molecule has 2 aliphatic rings. The van der Waals surface area contributed by atoms with Gasteiger partial charge in [0.1, 0.15) is 24.4 Å². The molecule has 7 heteroatoms. The zero-order chi connectivity index (χ0) is 21.8. The molecular formula is C24H26N2O5. The molecule has 7 nitrogen and oxygen atoms in total. The van der Waals surface area contributed by atoms with E-state index in [0.29, 0.717) is 19.4 Å². The van der Waals surface area contributed by atoms with Gasteiger partial charge in [-0.1, -0.05) is 42.5 Å². The molecule has 2 N–H and O–H groups in total. The Balaban J connectivity index is 1.47. The first kappa shape index (κ1) is 21.1. The summed E-state index contributed by atoms with van der Waals surface area (Å²) >= 11 is 0. The van der Waals surface area contributed by atoms with Gasteiger partial charge in [-0.15, -0.1) is 0 Å². The van der Waals surface area contributed by atoms with E-state index in [-0.39, 0.29) is 48.9 Å². The molecular weight excluding hydrogens is 396 g/mol. The number of likely N-dealkylation sites (tertiary alicyclic amines) is 1. The van der Waals surface area contributed by atoms with Gasteiger partial charge in [-0.05, 0) is 36.1 Å². The highest BCUT2D eigenvalue weighted by Gasteiger charge is 2.48. The minimum Gasteiger partial charge on any atom is -0.508 e. The van der Waals surface area contributed by atoms with Gasteiger partial charge in [0.25, 0.3) is 0 Å². The number of Topliss-reactive ketones (excluding diaryl/α,β-unsaturated/α-hetero) is 1. The number of ether oxygens (including phenoxy) is 1. The molecule has 2 saturated heterocycles. The van der Waals surface area contributed by atoms with E-state index in [1.165, 1.54) is 0 Å². The number of hydrogen-bond donors (Lipinski definition) is 2. The number of fused-ring (bicyclic) bond motifs is 1. The number of nitrogens with one attached hydrogen (secondary N) is 1. The van der Waals surface area contributed by atoms with Crippen molar-refractivity contribution in [3.63, 3.8) is 0 Å². The number of ketones is 1. The molecule has 2 heterocycles. The SMILES string of the molecule is O=C(CCc1ccccc1)NC(Cc1ccc(O)cc1)C(=O)N1CCC2OCC(=O)C21. The highest BCUT2D eigenvalue weighted by molar-refractivity contribution is 5.95. The first-order chi connectivity index (χ1) is 15.0. The number of phenolic OH excluding ortho intramolecular Hbond substituents is 1. The second-order valence-corrected chi connectivity index (χ2v) is 8.06. The van der Waals surface area contributed by atoms with Crippen molar-refractivity contribution in [3.05, 3.63) is 65.7 Å². The minimum absolute atomic E-state index is 0.0329. The molecule has 0 aliphatic carbocycles. The molecule has 2 aliphatic heterocycles. The quantitative estimate of drug-likeness (QED) is 0.707. The van der Waals surface area contributed by atoms with Crippen LogP contribution in [0.4, 0.5) is 0 Å². The van der Waals surface area contributed by atoms with Gasteiger partial charge in [-0.3, -0.25) is 14.4 Å². The summed E-state index contributed by atoms with van der Waals surface area (Å²) in [5.74, 6) is -0.442. The van der Waals surface area contributed by atoms with Gasteiger partial charge in [-0.25, -0.2) is 0 Å². The van der Waals surface area contributed by atoms with Crippen molar-refractivity contribution in [2.75, 3.05) is 13.2 Å². The average Bonchev–Trinajstić information content (AvgIpc) is 3.36. The molecule has 31 heavy (non-hydrogen) atoms. The maximum atomic E-state index is 13.4. The van der Waals surface area contributed by atoms with Crippen LogP contribution in [-0.4, -0.2) is 58.9 Å². The molecule has 0 saturated carbocycles. The van der Waals surface area contributed by atoms with Gasteiger partial charge in [-0.2, -0.15) is 0 Å². The van der Waals surface area contributed by atoms with Crippen molar-refractivity contribution < 1.29 is 24.2 Å². The Labute approximate surface area is 181 Å².